The normalized spacial score (nSPS) is 30.7. The molecule has 1 aliphatic carbocycles. The maximum atomic E-state index is 6.42. The first-order chi connectivity index (χ1) is 10.3. The Labute approximate surface area is 135 Å². The van der Waals surface area contributed by atoms with Gasteiger partial charge in [-0.1, -0.05) is 48.5 Å². The van der Waals surface area contributed by atoms with Crippen LogP contribution in [0.5, 0.6) is 0 Å². The van der Waals surface area contributed by atoms with E-state index in [1.165, 1.54) is 22.4 Å². The molecule has 21 heavy (non-hydrogen) atoms. The number of rotatable bonds is 3. The van der Waals surface area contributed by atoms with Crippen LogP contribution in [0, 0.1) is 0 Å². The Kier molecular flexibility index (Phi) is 3.70. The zero-order valence-corrected chi connectivity index (χ0v) is 13.3. The van der Waals surface area contributed by atoms with Crippen molar-refractivity contribution in [3.8, 4) is 0 Å². The fourth-order valence-electron chi connectivity index (χ4n) is 3.24. The summed E-state index contributed by atoms with van der Waals surface area (Å²) < 4.78 is 0.173. The summed E-state index contributed by atoms with van der Waals surface area (Å²) in [5, 5.41) is 3.83. The number of halogens is 1. The largest absolute Gasteiger partial charge is 0.306 e. The van der Waals surface area contributed by atoms with Crippen molar-refractivity contribution in [3.63, 3.8) is 0 Å². The average Bonchev–Trinajstić information content (AvgIpc) is 3.27. The highest BCUT2D eigenvalue weighted by Gasteiger charge is 2.40. The first-order valence-corrected chi connectivity index (χ1v) is 8.83. The third-order valence-electron chi connectivity index (χ3n) is 4.40. The number of thioether (sulfide) groups is 1. The first-order valence-electron chi connectivity index (χ1n) is 7.52. The van der Waals surface area contributed by atoms with Gasteiger partial charge in [0.2, 0.25) is 0 Å². The Hall–Kier alpha value is -0.960. The van der Waals surface area contributed by atoms with Gasteiger partial charge in [0.05, 0.1) is 4.71 Å². The van der Waals surface area contributed by atoms with Crippen LogP contribution >= 0.6 is 23.4 Å². The van der Waals surface area contributed by atoms with Gasteiger partial charge >= 0.3 is 0 Å². The summed E-state index contributed by atoms with van der Waals surface area (Å²) in [6.45, 7) is 0. The van der Waals surface area contributed by atoms with Crippen LogP contribution in [-0.2, 0) is 0 Å². The van der Waals surface area contributed by atoms with Crippen molar-refractivity contribution in [2.75, 3.05) is 0 Å². The number of alkyl halides is 1. The van der Waals surface area contributed by atoms with Crippen molar-refractivity contribution in [3.05, 3.63) is 65.7 Å². The maximum Gasteiger partial charge on any atom is 0.0854 e. The predicted molar refractivity (Wildman–Crippen MR) is 90.0 cm³/mol. The molecule has 4 rings (SSSR count). The molecule has 1 nitrogen and oxygen atoms in total. The molecule has 1 fully saturated rings. The summed E-state index contributed by atoms with van der Waals surface area (Å²) >= 11 is 8.21. The van der Waals surface area contributed by atoms with Crippen LogP contribution < -0.4 is 5.32 Å². The van der Waals surface area contributed by atoms with Crippen LogP contribution in [0.25, 0.3) is 0 Å². The lowest BCUT2D eigenvalue weighted by molar-refractivity contribution is 0.494. The van der Waals surface area contributed by atoms with Gasteiger partial charge in [-0.3, -0.25) is 0 Å². The molecule has 1 aliphatic heterocycles. The topological polar surface area (TPSA) is 12.0 Å². The van der Waals surface area contributed by atoms with Crippen LogP contribution in [0.2, 0.25) is 0 Å². The lowest BCUT2D eigenvalue weighted by atomic mass is 10.0. The second kappa shape index (κ2) is 5.68. The molecular formula is C18H18ClNS. The Morgan fingerprint density at radius 1 is 0.952 bits per heavy atom. The molecule has 4 atom stereocenters. The molecule has 1 heterocycles. The van der Waals surface area contributed by atoms with Gasteiger partial charge in [-0.05, 0) is 30.0 Å². The first kappa shape index (κ1) is 13.7. The van der Waals surface area contributed by atoms with Gasteiger partial charge in [-0.15, -0.1) is 23.4 Å². The molecular weight excluding hydrogens is 298 g/mol. The summed E-state index contributed by atoms with van der Waals surface area (Å²) in [6.07, 6.45) is 2.24. The highest BCUT2D eigenvalue weighted by Crippen LogP contribution is 2.46. The number of benzene rings is 2. The Bertz CT molecular complexity index is 630. The van der Waals surface area contributed by atoms with Crippen LogP contribution in [0.1, 0.15) is 35.9 Å². The van der Waals surface area contributed by atoms with Crippen molar-refractivity contribution >= 4 is 23.4 Å². The summed E-state index contributed by atoms with van der Waals surface area (Å²) in [6, 6.07) is 20.5. The molecule has 0 saturated heterocycles. The van der Waals surface area contributed by atoms with E-state index in [4.69, 9.17) is 11.6 Å². The number of fused-ring (bicyclic) bond motifs is 1. The van der Waals surface area contributed by atoms with E-state index in [1.54, 1.807) is 11.8 Å². The molecule has 0 amide bonds. The molecule has 2 aromatic carbocycles. The monoisotopic (exact) mass is 315 g/mol. The summed E-state index contributed by atoms with van der Waals surface area (Å²) in [5.74, 6) is 0.668. The molecule has 0 spiro atoms. The van der Waals surface area contributed by atoms with E-state index in [0.717, 1.165) is 6.42 Å². The van der Waals surface area contributed by atoms with E-state index in [2.05, 4.69) is 59.9 Å². The van der Waals surface area contributed by atoms with Gasteiger partial charge in [0.1, 0.15) is 0 Å². The molecule has 1 N–H and O–H groups in total. The zero-order valence-electron chi connectivity index (χ0n) is 11.7. The van der Waals surface area contributed by atoms with Crippen molar-refractivity contribution in [1.29, 1.82) is 0 Å². The van der Waals surface area contributed by atoms with Crippen LogP contribution in [0.3, 0.4) is 0 Å². The molecule has 0 radical (unpaired) electrons. The predicted octanol–water partition coefficient (Wildman–Crippen LogP) is 4.93. The fourth-order valence-corrected chi connectivity index (χ4v) is 4.77. The Balaban J connectivity index is 1.49. The molecule has 0 bridgehead atoms. The lowest BCUT2D eigenvalue weighted by Crippen LogP contribution is -2.28. The molecule has 0 aromatic heterocycles. The summed E-state index contributed by atoms with van der Waals surface area (Å²) in [7, 11) is 0. The third-order valence-corrected chi connectivity index (χ3v) is 5.92. The minimum atomic E-state index is 0.173. The summed E-state index contributed by atoms with van der Waals surface area (Å²) in [5.41, 5.74) is 2.87. The van der Waals surface area contributed by atoms with E-state index in [0.29, 0.717) is 18.0 Å². The minimum Gasteiger partial charge on any atom is -0.306 e. The smallest absolute Gasteiger partial charge is 0.0854 e. The highest BCUT2D eigenvalue weighted by molar-refractivity contribution is 8.01. The lowest BCUT2D eigenvalue weighted by Gasteiger charge is -2.29. The Morgan fingerprint density at radius 2 is 1.71 bits per heavy atom. The second-order valence-corrected chi connectivity index (χ2v) is 7.91. The molecule has 1 saturated carbocycles. The number of hydrogen-bond acceptors (Lipinski definition) is 2. The number of hydrogen-bond donors (Lipinski definition) is 1. The van der Waals surface area contributed by atoms with Gasteiger partial charge in [0.25, 0.3) is 0 Å². The van der Waals surface area contributed by atoms with Gasteiger partial charge in [0, 0.05) is 22.9 Å². The van der Waals surface area contributed by atoms with Crippen LogP contribution in [0.15, 0.2) is 59.5 Å². The van der Waals surface area contributed by atoms with E-state index in [1.807, 2.05) is 0 Å². The van der Waals surface area contributed by atoms with Gasteiger partial charge in [-0.25, -0.2) is 0 Å². The quantitative estimate of drug-likeness (QED) is 0.806. The van der Waals surface area contributed by atoms with E-state index in [9.17, 15) is 0 Å². The standard InChI is InChI=1S/C18H18ClNS/c19-18-11-16(13-8-4-5-9-17(13)21-18)20-15-10-14(15)12-6-2-1-3-7-12/h1-9,14-16,18,20H,10-11H2. The third kappa shape index (κ3) is 2.85. The fraction of sp³-hybridized carbons (Fsp3) is 0.333. The second-order valence-electron chi connectivity index (χ2n) is 5.88. The van der Waals surface area contributed by atoms with E-state index < -0.39 is 0 Å². The van der Waals surface area contributed by atoms with Gasteiger partial charge in [-0.2, -0.15) is 0 Å². The van der Waals surface area contributed by atoms with E-state index in [-0.39, 0.29) is 4.71 Å². The molecule has 4 unspecified atom stereocenters. The molecule has 2 aromatic rings. The number of nitrogens with one attached hydrogen (secondary N) is 1. The van der Waals surface area contributed by atoms with Crippen molar-refractivity contribution < 1.29 is 0 Å². The SMILES string of the molecule is ClC1CC(NC2CC2c2ccccc2)c2ccccc2S1. The van der Waals surface area contributed by atoms with Crippen molar-refractivity contribution in [1.82, 2.24) is 5.32 Å². The minimum absolute atomic E-state index is 0.173. The van der Waals surface area contributed by atoms with Crippen LogP contribution in [0.4, 0.5) is 0 Å². The Morgan fingerprint density at radius 3 is 2.57 bits per heavy atom. The van der Waals surface area contributed by atoms with E-state index >= 15 is 0 Å². The van der Waals surface area contributed by atoms with Crippen molar-refractivity contribution in [2.24, 2.45) is 0 Å². The van der Waals surface area contributed by atoms with Gasteiger partial charge < -0.3 is 5.32 Å². The summed E-state index contributed by atoms with van der Waals surface area (Å²) in [4.78, 5) is 1.33. The van der Waals surface area contributed by atoms with Crippen LogP contribution in [-0.4, -0.2) is 10.8 Å². The highest BCUT2D eigenvalue weighted by atomic mass is 35.5. The molecule has 108 valence electrons. The average molecular weight is 316 g/mol. The zero-order chi connectivity index (χ0) is 14.2. The molecule has 3 heteroatoms. The molecule has 2 aliphatic rings. The van der Waals surface area contributed by atoms with Crippen molar-refractivity contribution in [2.45, 2.75) is 40.4 Å². The maximum absolute atomic E-state index is 6.42. The van der Waals surface area contributed by atoms with Gasteiger partial charge in [0.15, 0.2) is 0 Å².